The van der Waals surface area contributed by atoms with Crippen LogP contribution in [-0.4, -0.2) is 87.5 Å². The Labute approximate surface area is 248 Å². The predicted octanol–water partition coefficient (Wildman–Crippen LogP) is 0.902. The zero-order valence-electron chi connectivity index (χ0n) is 22.5. The number of carbonyl (C=O) groups excluding carboxylic acids is 4. The number of amides is 2. The topological polar surface area (TPSA) is 203 Å². The first kappa shape index (κ1) is 32.4. The van der Waals surface area contributed by atoms with Crippen LogP contribution in [0, 0.1) is 17.8 Å². The first-order chi connectivity index (χ1) is 18.4. The van der Waals surface area contributed by atoms with Gasteiger partial charge in [0.1, 0.15) is 17.1 Å². The molecular weight excluding hydrogens is 579 g/mol. The summed E-state index contributed by atoms with van der Waals surface area (Å²) in [5, 5.41) is 50.3. The molecule has 0 saturated heterocycles. The Morgan fingerprint density at radius 3 is 2.37 bits per heavy atom. The zero-order chi connectivity index (χ0) is 28.4. The first-order valence-corrected chi connectivity index (χ1v) is 12.9. The van der Waals surface area contributed by atoms with Crippen LogP contribution in [0.4, 0.5) is 5.69 Å². The van der Waals surface area contributed by atoms with Gasteiger partial charge in [0.15, 0.2) is 17.1 Å². The third-order valence-corrected chi connectivity index (χ3v) is 8.28. The third-order valence-electron chi connectivity index (χ3n) is 8.28. The maximum atomic E-state index is 13.7. The number of hydrogen-bond donors (Lipinski definition) is 7. The number of carbonyl (C=O) groups is 4. The Balaban J connectivity index is 0.00000231. The summed E-state index contributed by atoms with van der Waals surface area (Å²) in [5.41, 5.74) is 1.86. The van der Waals surface area contributed by atoms with Gasteiger partial charge in [0.25, 0.3) is 5.91 Å². The fraction of sp³-hybridized carbons (Fsp3) is 0.481. The van der Waals surface area contributed by atoms with Crippen molar-refractivity contribution in [1.82, 2.24) is 10.2 Å². The Bertz CT molecular complexity index is 1370. The van der Waals surface area contributed by atoms with Crippen molar-refractivity contribution >= 4 is 53.9 Å². The average molecular weight is 613 g/mol. The van der Waals surface area contributed by atoms with Gasteiger partial charge < -0.3 is 36.8 Å². The number of allylic oxidation sites excluding steroid dienone is 1. The van der Waals surface area contributed by atoms with Gasteiger partial charge in [0.05, 0.1) is 23.8 Å². The third kappa shape index (κ3) is 5.19. The van der Waals surface area contributed by atoms with Gasteiger partial charge in [-0.25, -0.2) is 0 Å². The van der Waals surface area contributed by atoms with Gasteiger partial charge in [-0.3, -0.25) is 24.1 Å². The molecule has 8 N–H and O–H groups in total. The highest BCUT2D eigenvalue weighted by Gasteiger charge is 2.63. The summed E-state index contributed by atoms with van der Waals surface area (Å²) < 4.78 is 0. The average Bonchev–Trinajstić information content (AvgIpc) is 3.67. The lowest BCUT2D eigenvalue weighted by molar-refractivity contribution is -0.148. The molecule has 2 amide bonds. The maximum absolute atomic E-state index is 13.7. The largest absolute Gasteiger partial charge is 0.510 e. The minimum absolute atomic E-state index is 0. The summed E-state index contributed by atoms with van der Waals surface area (Å²) >= 11 is 0. The molecule has 14 heteroatoms. The van der Waals surface area contributed by atoms with Crippen molar-refractivity contribution in [1.29, 1.82) is 0 Å². The number of likely N-dealkylation sites (N-methyl/N-ethyl adjacent to an activating group) is 1. The van der Waals surface area contributed by atoms with E-state index in [4.69, 9.17) is 5.73 Å². The number of phenols is 1. The summed E-state index contributed by atoms with van der Waals surface area (Å²) in [6, 6.07) is 2.05. The number of aliphatic hydroxyl groups excluding tert-OH is 2. The summed E-state index contributed by atoms with van der Waals surface area (Å²) in [5.74, 6) is -6.97. The monoisotopic (exact) mass is 612 g/mol. The molecular formula is C27H34Cl2N4O8. The van der Waals surface area contributed by atoms with Gasteiger partial charge in [0.2, 0.25) is 11.7 Å². The van der Waals surface area contributed by atoms with Gasteiger partial charge in [0, 0.05) is 11.5 Å². The van der Waals surface area contributed by atoms with E-state index in [2.05, 4.69) is 10.6 Å². The van der Waals surface area contributed by atoms with E-state index in [1.807, 2.05) is 0 Å². The highest BCUT2D eigenvalue weighted by atomic mass is 35.5. The Morgan fingerprint density at radius 1 is 1.12 bits per heavy atom. The fourth-order valence-corrected chi connectivity index (χ4v) is 6.23. The van der Waals surface area contributed by atoms with Crippen LogP contribution in [0.3, 0.4) is 0 Å². The lowest BCUT2D eigenvalue weighted by Gasteiger charge is -2.50. The molecule has 0 heterocycles. The number of phenolic OH excluding ortho intramolecular Hbond substituents is 1. The smallest absolute Gasteiger partial charge is 0.255 e. The second kappa shape index (κ2) is 11.6. The molecule has 4 atom stereocenters. The molecule has 2 unspecified atom stereocenters. The highest BCUT2D eigenvalue weighted by Crippen LogP contribution is 2.52. The van der Waals surface area contributed by atoms with Crippen molar-refractivity contribution in [2.45, 2.75) is 37.3 Å². The molecule has 0 aliphatic heterocycles. The second-order valence-electron chi connectivity index (χ2n) is 11.1. The molecule has 12 nitrogen and oxygen atoms in total. The lowest BCUT2D eigenvalue weighted by atomic mass is 9.58. The molecule has 0 aromatic heterocycles. The van der Waals surface area contributed by atoms with Crippen molar-refractivity contribution in [3.63, 3.8) is 0 Å². The number of nitrogens with one attached hydrogen (secondary N) is 2. The number of fused-ring (bicyclic) bond motifs is 3. The van der Waals surface area contributed by atoms with Crippen LogP contribution in [0.25, 0.3) is 0 Å². The van der Waals surface area contributed by atoms with Gasteiger partial charge in [-0.2, -0.15) is 0 Å². The van der Waals surface area contributed by atoms with Crippen molar-refractivity contribution in [3.8, 4) is 5.75 Å². The Hall–Kier alpha value is -3.16. The number of halogens is 2. The number of hydrogen-bond acceptors (Lipinski definition) is 10. The van der Waals surface area contributed by atoms with Crippen LogP contribution < -0.4 is 16.4 Å². The molecule has 41 heavy (non-hydrogen) atoms. The highest BCUT2D eigenvalue weighted by molar-refractivity contribution is 6.25. The van der Waals surface area contributed by atoms with E-state index < -0.39 is 69.7 Å². The SMILES string of the molecule is CN(C)[C@@H]1C(O)=C(C(N)=O)C(=O)[C@@]2(O)C(O)=C3C(=O)c4c(ccc(NC(=O)CNCC5CC5)c4O)CC3CC12.Cl.Cl. The molecule has 0 spiro atoms. The van der Waals surface area contributed by atoms with Crippen molar-refractivity contribution in [2.24, 2.45) is 23.5 Å². The number of primary amides is 1. The van der Waals surface area contributed by atoms with Crippen LogP contribution in [0.15, 0.2) is 34.8 Å². The second-order valence-corrected chi connectivity index (χ2v) is 11.1. The van der Waals surface area contributed by atoms with Crippen molar-refractivity contribution in [2.75, 3.05) is 32.5 Å². The quantitative estimate of drug-likeness (QED) is 0.171. The molecule has 4 aliphatic carbocycles. The predicted molar refractivity (Wildman–Crippen MR) is 152 cm³/mol. The number of anilines is 1. The number of aromatic hydroxyl groups is 1. The molecule has 4 aliphatic rings. The molecule has 0 radical (unpaired) electrons. The van der Waals surface area contributed by atoms with E-state index in [0.717, 1.165) is 19.4 Å². The standard InChI is InChI=1S/C27H32N4O8.2ClH/c1-31(2)20-14-8-13-7-12-5-6-15(30-16(32)10-29-9-11-3-4-11)21(33)17(12)22(34)18(13)24(36)27(14,39)25(37)19(23(20)35)26(28)38;;/h5-6,11,13-14,20,29,33,35-36,39H,3-4,7-10H2,1-2H3,(H2,28,38)(H,30,32);2*1H/t13?,14?,20-,27-;;/m0../s1. The normalized spacial score (nSPS) is 26.9. The molecule has 1 aromatic rings. The van der Waals surface area contributed by atoms with E-state index >= 15 is 0 Å². The van der Waals surface area contributed by atoms with Gasteiger partial charge >= 0.3 is 0 Å². The van der Waals surface area contributed by atoms with E-state index in [1.54, 1.807) is 20.2 Å². The number of benzene rings is 1. The van der Waals surface area contributed by atoms with Crippen LogP contribution in [0.2, 0.25) is 0 Å². The molecule has 1 saturated carbocycles. The number of nitrogens with two attached hydrogens (primary N) is 1. The van der Waals surface area contributed by atoms with Crippen molar-refractivity contribution < 1.29 is 39.6 Å². The van der Waals surface area contributed by atoms with Gasteiger partial charge in [-0.1, -0.05) is 6.07 Å². The molecule has 1 fully saturated rings. The first-order valence-electron chi connectivity index (χ1n) is 12.9. The number of rotatable bonds is 7. The number of aliphatic hydroxyl groups is 3. The van der Waals surface area contributed by atoms with Crippen LogP contribution in [-0.2, 0) is 20.8 Å². The summed E-state index contributed by atoms with van der Waals surface area (Å²) in [6.07, 6.45) is 2.45. The summed E-state index contributed by atoms with van der Waals surface area (Å²) in [7, 11) is 3.14. The van der Waals surface area contributed by atoms with Gasteiger partial charge in [-0.05, 0) is 69.8 Å². The summed E-state index contributed by atoms with van der Waals surface area (Å²) in [4.78, 5) is 53.0. The summed E-state index contributed by atoms with van der Waals surface area (Å²) in [6.45, 7) is 0.750. The lowest BCUT2D eigenvalue weighted by Crippen LogP contribution is -2.63. The zero-order valence-corrected chi connectivity index (χ0v) is 24.1. The van der Waals surface area contributed by atoms with Crippen LogP contribution in [0.5, 0.6) is 5.75 Å². The van der Waals surface area contributed by atoms with E-state index in [-0.39, 0.29) is 61.0 Å². The Kier molecular flexibility index (Phi) is 9.16. The maximum Gasteiger partial charge on any atom is 0.255 e. The van der Waals surface area contributed by atoms with Crippen LogP contribution in [0.1, 0.15) is 35.2 Å². The minimum Gasteiger partial charge on any atom is -0.510 e. The number of ketones is 2. The number of nitrogens with zero attached hydrogens (tertiary/aromatic N) is 1. The molecule has 0 bridgehead atoms. The van der Waals surface area contributed by atoms with Crippen LogP contribution >= 0.6 is 24.8 Å². The minimum atomic E-state index is -2.70. The van der Waals surface area contributed by atoms with Crippen molar-refractivity contribution in [3.05, 3.63) is 45.9 Å². The van der Waals surface area contributed by atoms with E-state index in [0.29, 0.717) is 11.5 Å². The molecule has 224 valence electrons. The van der Waals surface area contributed by atoms with Gasteiger partial charge in [-0.15, -0.1) is 24.8 Å². The number of Topliss-reactive ketones (excluding diaryl/α,β-unsaturated/α-hetero) is 2. The Morgan fingerprint density at radius 2 is 1.78 bits per heavy atom. The molecule has 5 rings (SSSR count). The fourth-order valence-electron chi connectivity index (χ4n) is 6.23. The van der Waals surface area contributed by atoms with E-state index in [9.17, 15) is 39.6 Å². The molecule has 1 aromatic carbocycles. The van der Waals surface area contributed by atoms with E-state index in [1.165, 1.54) is 11.0 Å².